The largest absolute Gasteiger partial charge is 0.459 e. The minimum absolute atomic E-state index is 0.0314. The van der Waals surface area contributed by atoms with Crippen LogP contribution >= 0.6 is 11.3 Å². The van der Waals surface area contributed by atoms with Crippen LogP contribution in [0.25, 0.3) is 16.5 Å². The van der Waals surface area contributed by atoms with Crippen molar-refractivity contribution in [2.45, 2.75) is 13.5 Å². The summed E-state index contributed by atoms with van der Waals surface area (Å²) in [6, 6.07) is 9.48. The number of ether oxygens (including phenoxy) is 1. The van der Waals surface area contributed by atoms with Gasteiger partial charge in [0.15, 0.2) is 16.5 Å². The normalized spacial score (nSPS) is 10.9. The van der Waals surface area contributed by atoms with Crippen LogP contribution in [0.15, 0.2) is 58.7 Å². The van der Waals surface area contributed by atoms with Gasteiger partial charge in [0.1, 0.15) is 18.2 Å². The Morgan fingerprint density at radius 1 is 1.26 bits per heavy atom. The minimum atomic E-state index is -0.541. The van der Waals surface area contributed by atoms with Crippen molar-refractivity contribution in [1.82, 2.24) is 14.5 Å². The standard InChI is InChI=1S/C19H14FN3O3S/c1-12-2-7-17(26-12)18-22-14(10-27-18)9-25-19(24)16-8-21-11-23(16)15-5-3-13(20)4-6-15/h2-8,10-11H,9H2,1H3. The van der Waals surface area contributed by atoms with Crippen molar-refractivity contribution in [3.05, 3.63) is 77.3 Å². The molecule has 0 atom stereocenters. The maximum atomic E-state index is 13.1. The molecule has 0 saturated carbocycles. The van der Waals surface area contributed by atoms with E-state index >= 15 is 0 Å². The van der Waals surface area contributed by atoms with Crippen LogP contribution in [-0.4, -0.2) is 20.5 Å². The van der Waals surface area contributed by atoms with Gasteiger partial charge in [-0.15, -0.1) is 11.3 Å². The predicted molar refractivity (Wildman–Crippen MR) is 97.2 cm³/mol. The topological polar surface area (TPSA) is 70.2 Å². The molecule has 0 radical (unpaired) electrons. The van der Waals surface area contributed by atoms with E-state index in [2.05, 4.69) is 9.97 Å². The molecule has 0 aliphatic rings. The Hall–Kier alpha value is -3.26. The first kappa shape index (κ1) is 17.2. The van der Waals surface area contributed by atoms with E-state index in [1.54, 1.807) is 16.7 Å². The number of aromatic nitrogens is 3. The summed E-state index contributed by atoms with van der Waals surface area (Å²) in [7, 11) is 0. The first-order valence-electron chi connectivity index (χ1n) is 8.07. The van der Waals surface area contributed by atoms with Gasteiger partial charge in [-0.1, -0.05) is 0 Å². The molecule has 3 heterocycles. The lowest BCUT2D eigenvalue weighted by Crippen LogP contribution is -2.11. The molecule has 0 unspecified atom stereocenters. The lowest BCUT2D eigenvalue weighted by Gasteiger charge is -2.07. The molecule has 0 amide bonds. The summed E-state index contributed by atoms with van der Waals surface area (Å²) < 4.78 is 25.5. The van der Waals surface area contributed by atoms with E-state index in [-0.39, 0.29) is 18.1 Å². The molecule has 0 bridgehead atoms. The van der Waals surface area contributed by atoms with E-state index in [4.69, 9.17) is 9.15 Å². The molecule has 27 heavy (non-hydrogen) atoms. The summed E-state index contributed by atoms with van der Waals surface area (Å²) >= 11 is 1.42. The molecule has 0 fully saturated rings. The number of hydrogen-bond donors (Lipinski definition) is 0. The smallest absolute Gasteiger partial charge is 0.357 e. The second-order valence-electron chi connectivity index (χ2n) is 5.76. The number of nitrogens with zero attached hydrogens (tertiary/aromatic N) is 3. The maximum Gasteiger partial charge on any atom is 0.357 e. The number of carbonyl (C=O) groups excluding carboxylic acids is 1. The number of thiazole rings is 1. The highest BCUT2D eigenvalue weighted by atomic mass is 32.1. The molecule has 3 aromatic heterocycles. The number of hydrogen-bond acceptors (Lipinski definition) is 6. The molecule has 1 aromatic carbocycles. The molecule has 136 valence electrons. The second-order valence-corrected chi connectivity index (χ2v) is 6.61. The Labute approximate surface area is 157 Å². The molecule has 0 spiro atoms. The number of rotatable bonds is 5. The van der Waals surface area contributed by atoms with Crippen molar-refractivity contribution in [2.24, 2.45) is 0 Å². The highest BCUT2D eigenvalue weighted by Crippen LogP contribution is 2.26. The zero-order valence-electron chi connectivity index (χ0n) is 14.3. The maximum absolute atomic E-state index is 13.1. The average Bonchev–Trinajstić information content (AvgIpc) is 3.40. The Morgan fingerprint density at radius 3 is 2.81 bits per heavy atom. The van der Waals surface area contributed by atoms with E-state index in [9.17, 15) is 9.18 Å². The Bertz CT molecular complexity index is 1080. The number of furan rings is 1. The number of carbonyl (C=O) groups is 1. The van der Waals surface area contributed by atoms with E-state index < -0.39 is 5.97 Å². The van der Waals surface area contributed by atoms with Crippen LogP contribution in [0.5, 0.6) is 0 Å². The number of aryl methyl sites for hydroxylation is 1. The Morgan fingerprint density at radius 2 is 2.07 bits per heavy atom. The summed E-state index contributed by atoms with van der Waals surface area (Å²) in [5, 5.41) is 2.54. The van der Waals surface area contributed by atoms with Gasteiger partial charge in [0.05, 0.1) is 18.2 Å². The number of imidazole rings is 1. The fourth-order valence-corrected chi connectivity index (χ4v) is 3.27. The molecular weight excluding hydrogens is 369 g/mol. The van der Waals surface area contributed by atoms with Crippen LogP contribution in [0.2, 0.25) is 0 Å². The molecule has 6 nitrogen and oxygen atoms in total. The van der Waals surface area contributed by atoms with Crippen molar-refractivity contribution in [3.63, 3.8) is 0 Å². The van der Waals surface area contributed by atoms with Crippen molar-refractivity contribution in [1.29, 1.82) is 0 Å². The van der Waals surface area contributed by atoms with Crippen molar-refractivity contribution in [2.75, 3.05) is 0 Å². The molecule has 0 N–H and O–H groups in total. The fourth-order valence-electron chi connectivity index (χ4n) is 2.50. The first-order valence-corrected chi connectivity index (χ1v) is 8.95. The van der Waals surface area contributed by atoms with Gasteiger partial charge in [0.25, 0.3) is 0 Å². The van der Waals surface area contributed by atoms with Gasteiger partial charge < -0.3 is 9.15 Å². The van der Waals surface area contributed by atoms with E-state index in [0.29, 0.717) is 17.1 Å². The van der Waals surface area contributed by atoms with Gasteiger partial charge in [0.2, 0.25) is 0 Å². The van der Waals surface area contributed by atoms with Gasteiger partial charge in [0, 0.05) is 11.1 Å². The van der Waals surface area contributed by atoms with E-state index in [0.717, 1.165) is 10.8 Å². The van der Waals surface area contributed by atoms with Crippen LogP contribution in [0.3, 0.4) is 0 Å². The third-order valence-corrected chi connectivity index (χ3v) is 4.71. The lowest BCUT2D eigenvalue weighted by molar-refractivity contribution is 0.0459. The molecule has 0 aliphatic heterocycles. The third kappa shape index (κ3) is 3.65. The van der Waals surface area contributed by atoms with Gasteiger partial charge in [-0.3, -0.25) is 4.57 Å². The predicted octanol–water partition coefficient (Wildman–Crippen LogP) is 4.39. The van der Waals surface area contributed by atoms with Crippen LogP contribution in [0.4, 0.5) is 4.39 Å². The number of esters is 1. The molecular formula is C19H14FN3O3S. The summed E-state index contributed by atoms with van der Waals surface area (Å²) in [4.78, 5) is 20.8. The Balaban J connectivity index is 1.46. The molecule has 4 rings (SSSR count). The van der Waals surface area contributed by atoms with Crippen molar-refractivity contribution < 1.29 is 18.3 Å². The highest BCUT2D eigenvalue weighted by molar-refractivity contribution is 7.13. The second kappa shape index (κ2) is 7.16. The van der Waals surface area contributed by atoms with Gasteiger partial charge in [-0.05, 0) is 43.3 Å². The summed E-state index contributed by atoms with van der Waals surface area (Å²) in [6.07, 6.45) is 2.88. The zero-order chi connectivity index (χ0) is 18.8. The summed E-state index contributed by atoms with van der Waals surface area (Å²) in [5.41, 5.74) is 1.49. The fraction of sp³-hybridized carbons (Fsp3) is 0.105. The average molecular weight is 383 g/mol. The molecule has 4 aromatic rings. The quantitative estimate of drug-likeness (QED) is 0.478. The third-order valence-electron chi connectivity index (χ3n) is 3.81. The Kier molecular flexibility index (Phi) is 4.55. The van der Waals surface area contributed by atoms with Crippen molar-refractivity contribution >= 4 is 17.3 Å². The molecule has 0 saturated heterocycles. The summed E-state index contributed by atoms with van der Waals surface area (Å²) in [6.45, 7) is 1.90. The SMILES string of the molecule is Cc1ccc(-c2nc(COC(=O)c3cncn3-c3ccc(F)cc3)cs2)o1. The lowest BCUT2D eigenvalue weighted by atomic mass is 10.3. The van der Waals surface area contributed by atoms with E-state index in [1.807, 2.05) is 24.4 Å². The van der Waals surface area contributed by atoms with Gasteiger partial charge >= 0.3 is 5.97 Å². The highest BCUT2D eigenvalue weighted by Gasteiger charge is 2.16. The zero-order valence-corrected chi connectivity index (χ0v) is 15.1. The minimum Gasteiger partial charge on any atom is -0.459 e. The monoisotopic (exact) mass is 383 g/mol. The van der Waals surface area contributed by atoms with Crippen LogP contribution in [0.1, 0.15) is 21.9 Å². The van der Waals surface area contributed by atoms with Crippen LogP contribution < -0.4 is 0 Å². The van der Waals surface area contributed by atoms with E-state index in [1.165, 1.54) is 36.0 Å². The molecule has 0 aliphatic carbocycles. The number of halogens is 1. The number of benzene rings is 1. The summed E-state index contributed by atoms with van der Waals surface area (Å²) in [5.74, 6) is 0.598. The van der Waals surface area contributed by atoms with Gasteiger partial charge in [-0.2, -0.15) is 0 Å². The van der Waals surface area contributed by atoms with Crippen LogP contribution in [-0.2, 0) is 11.3 Å². The van der Waals surface area contributed by atoms with Crippen molar-refractivity contribution in [3.8, 4) is 16.5 Å². The molecule has 8 heteroatoms. The van der Waals surface area contributed by atoms with Crippen LogP contribution in [0, 0.1) is 12.7 Å². The van der Waals surface area contributed by atoms with Gasteiger partial charge in [-0.25, -0.2) is 19.2 Å². The first-order chi connectivity index (χ1) is 13.1.